The van der Waals surface area contributed by atoms with Crippen LogP contribution in [0, 0.1) is 5.82 Å². The van der Waals surface area contributed by atoms with Crippen LogP contribution in [0.25, 0.3) is 22.2 Å². The lowest BCUT2D eigenvalue weighted by Crippen LogP contribution is -2.42. The second kappa shape index (κ2) is 11.2. The molecule has 5 rings (SSSR count). The Kier molecular flexibility index (Phi) is 7.73. The van der Waals surface area contributed by atoms with Gasteiger partial charge in [-0.2, -0.15) is 0 Å². The maximum Gasteiger partial charge on any atom is 0.223 e. The molecule has 37 heavy (non-hydrogen) atoms. The number of aliphatic hydroxyl groups is 1. The highest BCUT2D eigenvalue weighted by Gasteiger charge is 2.25. The number of nitrogens with zero attached hydrogens (tertiary/aromatic N) is 5. The Morgan fingerprint density at radius 3 is 2.92 bits per heavy atom. The van der Waals surface area contributed by atoms with Crippen LogP contribution in [0.2, 0.25) is 0 Å². The van der Waals surface area contributed by atoms with Crippen molar-refractivity contribution in [3.63, 3.8) is 0 Å². The van der Waals surface area contributed by atoms with Crippen LogP contribution in [0.1, 0.15) is 50.2 Å². The third kappa shape index (κ3) is 5.63. The average molecular weight is 507 g/mol. The summed E-state index contributed by atoms with van der Waals surface area (Å²) in [7, 11) is 0. The molecule has 3 atom stereocenters. The normalized spacial score (nSPS) is 22.9. The van der Waals surface area contributed by atoms with Crippen LogP contribution < -0.4 is 5.32 Å². The van der Waals surface area contributed by atoms with E-state index in [1.165, 1.54) is 17.3 Å². The summed E-state index contributed by atoms with van der Waals surface area (Å²) in [6.45, 7) is 11.7. The zero-order valence-corrected chi connectivity index (χ0v) is 21.5. The Labute approximate surface area is 217 Å². The number of hydrogen-bond acceptors (Lipinski definition) is 8. The topological polar surface area (TPSA) is 95.8 Å². The van der Waals surface area contributed by atoms with Gasteiger partial charge in [0, 0.05) is 36.8 Å². The smallest absolute Gasteiger partial charge is 0.223 e. The second-order valence-corrected chi connectivity index (χ2v) is 10.4. The minimum Gasteiger partial charge on any atom is -0.389 e. The highest BCUT2D eigenvalue weighted by atomic mass is 19.1. The molecule has 2 saturated heterocycles. The number of piperidine rings is 1. The van der Waals surface area contributed by atoms with Gasteiger partial charge in [0.2, 0.25) is 5.95 Å². The molecule has 2 aliphatic heterocycles. The molecule has 4 heterocycles. The predicted octanol–water partition coefficient (Wildman–Crippen LogP) is 4.18. The largest absolute Gasteiger partial charge is 0.389 e. The number of hydrogen-bond donors (Lipinski definition) is 2. The molecule has 0 bridgehead atoms. The van der Waals surface area contributed by atoms with Gasteiger partial charge in [-0.25, -0.2) is 14.4 Å². The lowest BCUT2D eigenvalue weighted by molar-refractivity contribution is -0.0136. The first kappa shape index (κ1) is 25.6. The number of anilines is 1. The van der Waals surface area contributed by atoms with Crippen molar-refractivity contribution in [3.8, 4) is 11.3 Å². The molecule has 0 spiro atoms. The van der Waals surface area contributed by atoms with Crippen molar-refractivity contribution in [2.45, 2.75) is 63.8 Å². The average Bonchev–Trinajstić information content (AvgIpc) is 2.90. The molecule has 1 aromatic carbocycles. The molecule has 0 aliphatic carbocycles. The third-order valence-corrected chi connectivity index (χ3v) is 7.36. The molecule has 8 nitrogen and oxygen atoms in total. The van der Waals surface area contributed by atoms with Crippen molar-refractivity contribution < 1.29 is 14.2 Å². The predicted molar refractivity (Wildman–Crippen MR) is 144 cm³/mol. The molecule has 0 amide bonds. The van der Waals surface area contributed by atoms with E-state index in [2.05, 4.69) is 45.7 Å². The van der Waals surface area contributed by atoms with Gasteiger partial charge < -0.3 is 15.2 Å². The molecule has 2 aliphatic rings. The minimum atomic E-state index is -0.665. The number of fused-ring (bicyclic) bond motifs is 1. The molecule has 2 N–H and O–H groups in total. The van der Waals surface area contributed by atoms with E-state index in [9.17, 15) is 9.50 Å². The van der Waals surface area contributed by atoms with E-state index < -0.39 is 11.9 Å². The van der Waals surface area contributed by atoms with Gasteiger partial charge in [-0.15, -0.1) is 0 Å². The first-order chi connectivity index (χ1) is 17.9. The van der Waals surface area contributed by atoms with Gasteiger partial charge >= 0.3 is 0 Å². The fourth-order valence-corrected chi connectivity index (χ4v) is 5.47. The van der Waals surface area contributed by atoms with Gasteiger partial charge in [0.15, 0.2) is 5.82 Å². The van der Waals surface area contributed by atoms with E-state index >= 15 is 0 Å². The van der Waals surface area contributed by atoms with Crippen molar-refractivity contribution in [1.82, 2.24) is 19.9 Å². The van der Waals surface area contributed by atoms with E-state index in [0.29, 0.717) is 18.6 Å². The standard InChI is InChI=1S/C28H35FN6O2/c1-17(2)26-19(14-35-9-4-5-20(15-35)30-3)12-31-23-7-6-18(11-21(23)26)27-22(29)13-32-28(34-27)33-24-8-10-37-16-25(24)36/h6-7,11-13,17,20,24-25,36H,3-5,8-10,14-16H2,1-2H3,(H,32,33,34)/t20-,24-,25+/m1/s1. The van der Waals surface area contributed by atoms with Gasteiger partial charge in [0.25, 0.3) is 0 Å². The van der Waals surface area contributed by atoms with Crippen LogP contribution in [0.4, 0.5) is 10.3 Å². The van der Waals surface area contributed by atoms with E-state index in [1.807, 2.05) is 24.4 Å². The van der Waals surface area contributed by atoms with Gasteiger partial charge in [0.1, 0.15) is 5.69 Å². The van der Waals surface area contributed by atoms with Crippen molar-refractivity contribution in [1.29, 1.82) is 0 Å². The molecule has 3 aromatic rings. The SMILES string of the molecule is C=N[C@@H]1CCCN(Cc2cnc3ccc(-c4nc(N[C@@H]5CCOC[C@@H]5O)ncc4F)cc3c2C(C)C)C1. The van der Waals surface area contributed by atoms with Crippen LogP contribution in [0.5, 0.6) is 0 Å². The summed E-state index contributed by atoms with van der Waals surface area (Å²) >= 11 is 0. The van der Waals surface area contributed by atoms with Crippen LogP contribution in [0.15, 0.2) is 35.6 Å². The first-order valence-corrected chi connectivity index (χ1v) is 13.1. The number of aliphatic imine (C=N–C) groups is 1. The molecule has 9 heteroatoms. The lowest BCUT2D eigenvalue weighted by Gasteiger charge is -2.31. The van der Waals surface area contributed by atoms with E-state index in [1.54, 1.807) is 0 Å². The monoisotopic (exact) mass is 506 g/mol. The Morgan fingerprint density at radius 1 is 1.27 bits per heavy atom. The van der Waals surface area contributed by atoms with E-state index in [0.717, 1.165) is 43.4 Å². The molecule has 196 valence electrons. The number of rotatable bonds is 7. The van der Waals surface area contributed by atoms with Crippen LogP contribution in [-0.4, -0.2) is 76.2 Å². The summed E-state index contributed by atoms with van der Waals surface area (Å²) in [4.78, 5) is 20.0. The molecule has 0 unspecified atom stereocenters. The van der Waals surface area contributed by atoms with Crippen LogP contribution in [-0.2, 0) is 11.3 Å². The summed E-state index contributed by atoms with van der Waals surface area (Å²) in [6, 6.07) is 5.80. The fourth-order valence-electron chi connectivity index (χ4n) is 5.47. The van der Waals surface area contributed by atoms with Crippen molar-refractivity contribution >= 4 is 23.6 Å². The molecular formula is C28H35FN6O2. The fraction of sp³-hybridized carbons (Fsp3) is 0.500. The number of aromatic nitrogens is 3. The Balaban J connectivity index is 1.48. The third-order valence-electron chi connectivity index (χ3n) is 7.36. The second-order valence-electron chi connectivity index (χ2n) is 10.4. The summed E-state index contributed by atoms with van der Waals surface area (Å²) in [5, 5.41) is 14.4. The number of aliphatic hydroxyl groups excluding tert-OH is 1. The number of nitrogens with one attached hydrogen (secondary N) is 1. The van der Waals surface area contributed by atoms with Gasteiger partial charge in [-0.05, 0) is 61.7 Å². The lowest BCUT2D eigenvalue weighted by atomic mass is 9.92. The maximum absolute atomic E-state index is 15.0. The molecular weight excluding hydrogens is 471 g/mol. The van der Waals surface area contributed by atoms with E-state index in [4.69, 9.17) is 9.72 Å². The van der Waals surface area contributed by atoms with Gasteiger partial charge in [-0.1, -0.05) is 19.9 Å². The van der Waals surface area contributed by atoms with Crippen LogP contribution >= 0.6 is 0 Å². The summed E-state index contributed by atoms with van der Waals surface area (Å²) in [5.74, 6) is 0.0501. The zero-order valence-electron chi connectivity index (χ0n) is 21.5. The minimum absolute atomic E-state index is 0.219. The number of halogens is 1. The number of ether oxygens (including phenoxy) is 1. The summed E-state index contributed by atoms with van der Waals surface area (Å²) in [5.41, 5.74) is 4.16. The highest BCUT2D eigenvalue weighted by molar-refractivity contribution is 5.88. The van der Waals surface area contributed by atoms with Crippen molar-refractivity contribution in [2.75, 3.05) is 31.6 Å². The molecule has 2 aromatic heterocycles. The Morgan fingerprint density at radius 2 is 2.14 bits per heavy atom. The quantitative estimate of drug-likeness (QED) is 0.464. The summed E-state index contributed by atoms with van der Waals surface area (Å²) in [6.07, 6.45) is 5.32. The number of benzene rings is 1. The molecule has 0 saturated carbocycles. The molecule has 0 radical (unpaired) electrons. The Hall–Kier alpha value is -3.01. The number of pyridine rings is 1. The Bertz CT molecular complexity index is 1270. The van der Waals surface area contributed by atoms with Crippen LogP contribution in [0.3, 0.4) is 0 Å². The van der Waals surface area contributed by atoms with Gasteiger partial charge in [-0.3, -0.25) is 14.9 Å². The highest BCUT2D eigenvalue weighted by Crippen LogP contribution is 2.33. The number of likely N-dealkylation sites (tertiary alicyclic amines) is 1. The molecule has 2 fully saturated rings. The van der Waals surface area contributed by atoms with Crippen molar-refractivity contribution in [3.05, 3.63) is 47.5 Å². The summed E-state index contributed by atoms with van der Waals surface area (Å²) < 4.78 is 20.3. The zero-order chi connectivity index (χ0) is 25.9. The van der Waals surface area contributed by atoms with E-state index in [-0.39, 0.29) is 36.3 Å². The first-order valence-electron chi connectivity index (χ1n) is 13.1. The van der Waals surface area contributed by atoms with Gasteiger partial charge in [0.05, 0.1) is 36.5 Å². The van der Waals surface area contributed by atoms with Crippen molar-refractivity contribution in [2.24, 2.45) is 4.99 Å². The maximum atomic E-state index is 15.0.